The molecule has 0 unspecified atom stereocenters. The molecule has 1 aliphatic rings. The minimum atomic E-state index is -0.136. The van der Waals surface area contributed by atoms with Gasteiger partial charge >= 0.3 is 0 Å². The maximum atomic E-state index is 12.6. The Labute approximate surface area is 197 Å². The van der Waals surface area contributed by atoms with Gasteiger partial charge in [-0.3, -0.25) is 9.69 Å². The third-order valence-corrected chi connectivity index (χ3v) is 6.07. The fourth-order valence-electron chi connectivity index (χ4n) is 3.14. The van der Waals surface area contributed by atoms with E-state index in [9.17, 15) is 4.79 Å². The highest BCUT2D eigenvalue weighted by atomic mass is 35.5. The molecule has 3 rings (SSSR count). The molecule has 0 atom stereocenters. The number of rotatable bonds is 9. The summed E-state index contributed by atoms with van der Waals surface area (Å²) in [6.45, 7) is 9.19. The van der Waals surface area contributed by atoms with Gasteiger partial charge < -0.3 is 9.47 Å². The van der Waals surface area contributed by atoms with Gasteiger partial charge in [0.05, 0.1) is 18.1 Å². The Balaban J connectivity index is 1.62. The fraction of sp³-hybridized carbons (Fsp3) is 0.250. The highest BCUT2D eigenvalue weighted by Gasteiger charge is 2.31. The van der Waals surface area contributed by atoms with E-state index in [4.69, 9.17) is 33.3 Å². The zero-order chi connectivity index (χ0) is 22.4. The molecular formula is C24H24ClNO3S2. The monoisotopic (exact) mass is 473 g/mol. The van der Waals surface area contributed by atoms with Crippen molar-refractivity contribution >= 4 is 51.9 Å². The van der Waals surface area contributed by atoms with Crippen LogP contribution in [-0.4, -0.2) is 34.9 Å². The van der Waals surface area contributed by atoms with Gasteiger partial charge in [0.1, 0.15) is 15.8 Å². The standard InChI is InChI=1S/C24H24ClNO3S2/c1-4-8-26-23(27)22(31-24(26)30)15-18-14-19(25)6-7-21(18)29-10-5-9-28-20-12-16(2)11-17(3)13-20/h4,6-7,11-15H,1,5,8-10H2,2-3H3/b22-15-. The second-order valence-electron chi connectivity index (χ2n) is 7.14. The van der Waals surface area contributed by atoms with Crippen LogP contribution in [0, 0.1) is 13.8 Å². The summed E-state index contributed by atoms with van der Waals surface area (Å²) in [5.41, 5.74) is 3.09. The summed E-state index contributed by atoms with van der Waals surface area (Å²) in [4.78, 5) is 14.7. The van der Waals surface area contributed by atoms with Crippen LogP contribution >= 0.6 is 35.6 Å². The van der Waals surface area contributed by atoms with Crippen molar-refractivity contribution in [3.05, 3.63) is 75.7 Å². The second kappa shape index (κ2) is 10.8. The van der Waals surface area contributed by atoms with Gasteiger partial charge in [-0.1, -0.05) is 47.7 Å². The Morgan fingerprint density at radius 3 is 2.55 bits per heavy atom. The first kappa shape index (κ1) is 23.4. The predicted molar refractivity (Wildman–Crippen MR) is 133 cm³/mol. The van der Waals surface area contributed by atoms with Crippen molar-refractivity contribution < 1.29 is 14.3 Å². The summed E-state index contributed by atoms with van der Waals surface area (Å²) >= 11 is 12.7. The van der Waals surface area contributed by atoms with E-state index < -0.39 is 0 Å². The third kappa shape index (κ3) is 6.35. The first-order valence-electron chi connectivity index (χ1n) is 9.87. The number of halogens is 1. The lowest BCUT2D eigenvalue weighted by atomic mass is 10.1. The first-order valence-corrected chi connectivity index (χ1v) is 11.5. The van der Waals surface area contributed by atoms with Gasteiger partial charge in [0.25, 0.3) is 5.91 Å². The summed E-state index contributed by atoms with van der Waals surface area (Å²) in [6.07, 6.45) is 4.15. The molecule has 31 heavy (non-hydrogen) atoms. The van der Waals surface area contributed by atoms with Crippen molar-refractivity contribution in [2.75, 3.05) is 19.8 Å². The molecule has 0 aromatic heterocycles. The van der Waals surface area contributed by atoms with E-state index in [-0.39, 0.29) is 5.91 Å². The molecule has 2 aromatic rings. The van der Waals surface area contributed by atoms with E-state index in [1.165, 1.54) is 27.8 Å². The first-order chi connectivity index (χ1) is 14.9. The Morgan fingerprint density at radius 2 is 1.84 bits per heavy atom. The van der Waals surface area contributed by atoms with Crippen LogP contribution in [0.3, 0.4) is 0 Å². The van der Waals surface area contributed by atoms with E-state index in [0.29, 0.717) is 39.8 Å². The van der Waals surface area contributed by atoms with Crippen LogP contribution in [-0.2, 0) is 4.79 Å². The molecule has 1 amide bonds. The van der Waals surface area contributed by atoms with Crippen LogP contribution in [0.4, 0.5) is 0 Å². The quantitative estimate of drug-likeness (QED) is 0.188. The van der Waals surface area contributed by atoms with Crippen LogP contribution in [0.15, 0.2) is 54.0 Å². The predicted octanol–water partition coefficient (Wildman–Crippen LogP) is 6.19. The molecule has 1 aliphatic heterocycles. The molecule has 1 fully saturated rings. The highest BCUT2D eigenvalue weighted by molar-refractivity contribution is 8.26. The summed E-state index contributed by atoms with van der Waals surface area (Å²) in [7, 11) is 0. The number of carbonyl (C=O) groups is 1. The summed E-state index contributed by atoms with van der Waals surface area (Å²) < 4.78 is 12.3. The van der Waals surface area contributed by atoms with Crippen LogP contribution in [0.2, 0.25) is 5.02 Å². The fourth-order valence-corrected chi connectivity index (χ4v) is 4.59. The van der Waals surface area contributed by atoms with E-state index >= 15 is 0 Å². The largest absolute Gasteiger partial charge is 0.493 e. The highest BCUT2D eigenvalue weighted by Crippen LogP contribution is 2.35. The van der Waals surface area contributed by atoms with Crippen molar-refractivity contribution in [2.45, 2.75) is 20.3 Å². The van der Waals surface area contributed by atoms with E-state index in [0.717, 1.165) is 17.7 Å². The molecule has 0 N–H and O–H groups in total. The van der Waals surface area contributed by atoms with Crippen molar-refractivity contribution in [1.29, 1.82) is 0 Å². The summed E-state index contributed by atoms with van der Waals surface area (Å²) in [5.74, 6) is 1.39. The zero-order valence-electron chi connectivity index (χ0n) is 17.5. The van der Waals surface area contributed by atoms with Gasteiger partial charge in [0.2, 0.25) is 0 Å². The molecule has 0 spiro atoms. The lowest BCUT2D eigenvalue weighted by molar-refractivity contribution is -0.121. The Morgan fingerprint density at radius 1 is 1.13 bits per heavy atom. The molecule has 162 valence electrons. The molecular weight excluding hydrogens is 450 g/mol. The van der Waals surface area contributed by atoms with Crippen LogP contribution in [0.1, 0.15) is 23.1 Å². The normalized spacial score (nSPS) is 14.9. The van der Waals surface area contributed by atoms with E-state index in [1.54, 1.807) is 24.3 Å². The number of nitrogens with zero attached hydrogens (tertiary/aromatic N) is 1. The van der Waals surface area contributed by atoms with Crippen molar-refractivity contribution in [3.8, 4) is 11.5 Å². The summed E-state index contributed by atoms with van der Waals surface area (Å²) in [6, 6.07) is 11.5. The maximum Gasteiger partial charge on any atom is 0.266 e. The van der Waals surface area contributed by atoms with E-state index in [2.05, 4.69) is 26.5 Å². The average Bonchev–Trinajstić information content (AvgIpc) is 2.96. The molecule has 1 saturated heterocycles. The number of aryl methyl sites for hydroxylation is 2. The number of carbonyl (C=O) groups excluding carboxylic acids is 1. The SMILES string of the molecule is C=CCN1C(=O)/C(=C/c2cc(Cl)ccc2OCCCOc2cc(C)cc(C)c2)SC1=S. The van der Waals surface area contributed by atoms with Crippen molar-refractivity contribution in [2.24, 2.45) is 0 Å². The van der Waals surface area contributed by atoms with Gasteiger partial charge in [0.15, 0.2) is 0 Å². The minimum Gasteiger partial charge on any atom is -0.493 e. The average molecular weight is 474 g/mol. The Hall–Kier alpha value is -2.28. The van der Waals surface area contributed by atoms with Crippen molar-refractivity contribution in [3.63, 3.8) is 0 Å². The molecule has 2 aromatic carbocycles. The van der Waals surface area contributed by atoms with Crippen LogP contribution in [0.5, 0.6) is 11.5 Å². The van der Waals surface area contributed by atoms with Gasteiger partial charge in [-0.2, -0.15) is 0 Å². The lowest BCUT2D eigenvalue weighted by Crippen LogP contribution is -2.27. The number of amides is 1. The minimum absolute atomic E-state index is 0.136. The molecule has 0 aliphatic carbocycles. The van der Waals surface area contributed by atoms with Gasteiger partial charge in [-0.25, -0.2) is 0 Å². The second-order valence-corrected chi connectivity index (χ2v) is 9.25. The van der Waals surface area contributed by atoms with E-state index in [1.807, 2.05) is 18.2 Å². The maximum absolute atomic E-state index is 12.6. The molecule has 0 radical (unpaired) electrons. The number of hydrogen-bond donors (Lipinski definition) is 0. The van der Waals surface area contributed by atoms with Gasteiger partial charge in [-0.05, 0) is 61.4 Å². The van der Waals surface area contributed by atoms with Gasteiger partial charge in [-0.15, -0.1) is 6.58 Å². The topological polar surface area (TPSA) is 38.8 Å². The Bertz CT molecular complexity index is 1020. The smallest absolute Gasteiger partial charge is 0.266 e. The van der Waals surface area contributed by atoms with Crippen LogP contribution in [0.25, 0.3) is 6.08 Å². The number of benzene rings is 2. The number of ether oxygens (including phenoxy) is 2. The van der Waals surface area contributed by atoms with Crippen molar-refractivity contribution in [1.82, 2.24) is 4.90 Å². The zero-order valence-corrected chi connectivity index (χ0v) is 19.9. The lowest BCUT2D eigenvalue weighted by Gasteiger charge is -2.12. The molecule has 4 nitrogen and oxygen atoms in total. The number of thioether (sulfide) groups is 1. The Kier molecular flexibility index (Phi) is 8.18. The number of hydrogen-bond acceptors (Lipinski definition) is 5. The summed E-state index contributed by atoms with van der Waals surface area (Å²) in [5, 5.41) is 0.568. The molecule has 7 heteroatoms. The number of thiocarbonyl (C=S) groups is 1. The molecule has 0 saturated carbocycles. The molecule has 0 bridgehead atoms. The molecule has 1 heterocycles. The van der Waals surface area contributed by atoms with Gasteiger partial charge in [0, 0.05) is 23.6 Å². The van der Waals surface area contributed by atoms with Crippen LogP contribution < -0.4 is 9.47 Å². The third-order valence-electron chi connectivity index (χ3n) is 4.45.